The van der Waals surface area contributed by atoms with Crippen LogP contribution in [0.2, 0.25) is 0 Å². The van der Waals surface area contributed by atoms with Gasteiger partial charge in [0.1, 0.15) is 17.1 Å². The summed E-state index contributed by atoms with van der Waals surface area (Å²) in [7, 11) is 3.21. The van der Waals surface area contributed by atoms with Crippen LogP contribution in [0.25, 0.3) is 39.1 Å². The summed E-state index contributed by atoms with van der Waals surface area (Å²) in [6.07, 6.45) is 5.04. The van der Waals surface area contributed by atoms with Gasteiger partial charge in [-0.3, -0.25) is 14.7 Å². The Morgan fingerprint density at radius 3 is 2.59 bits per heavy atom. The first-order valence-corrected chi connectivity index (χ1v) is 14.4. The third kappa shape index (κ3) is 5.06. The highest BCUT2D eigenvalue weighted by Gasteiger charge is 2.49. The molecule has 0 unspecified atom stereocenters. The van der Waals surface area contributed by atoms with E-state index in [0.29, 0.717) is 39.5 Å². The first kappa shape index (κ1) is 28.7. The number of carbonyl (C=O) groups excluding carboxylic acids is 2. The van der Waals surface area contributed by atoms with Crippen LogP contribution in [0.4, 0.5) is 0 Å². The molecule has 9 nitrogen and oxygen atoms in total. The highest BCUT2D eigenvalue weighted by Crippen LogP contribution is 2.44. The number of rotatable bonds is 9. The van der Waals surface area contributed by atoms with E-state index in [1.165, 1.54) is 0 Å². The predicted octanol–water partition coefficient (Wildman–Crippen LogP) is 6.57. The van der Waals surface area contributed by atoms with E-state index in [-0.39, 0.29) is 11.8 Å². The molecule has 1 fully saturated rings. The van der Waals surface area contributed by atoms with E-state index >= 15 is 0 Å². The molecule has 0 aliphatic heterocycles. The van der Waals surface area contributed by atoms with Crippen molar-refractivity contribution in [3.8, 4) is 28.3 Å². The molecular weight excluding hydrogens is 554 g/mol. The standard InChI is InChI=1S/C35H33N5O4/c1-6-21(7-2)30-29(33(42)36-4)27-18-22(13-14-28(27)44-30)26-19-24(12-11-20(26)3)32(41)38-35(15-16-35)34-37-31(39-40-34)23-9-8-10-25(17-23)43-5/h6-14,17-19H,1,15-16H2,2-5H3,(H,36,42)(H,38,41)(H,37,39,40)/b21-7+. The molecule has 1 aliphatic carbocycles. The molecule has 0 radical (unpaired) electrons. The van der Waals surface area contributed by atoms with E-state index in [0.717, 1.165) is 46.4 Å². The SMILES string of the molecule is C=C/C(=C\C)c1oc2ccc(-c3cc(C(=O)NC4(c5nc(-c6cccc(OC)c6)n[nH]5)CC4)ccc3C)cc2c1C(=O)NC. The number of benzene rings is 3. The van der Waals surface area contributed by atoms with Crippen LogP contribution in [0.15, 0.2) is 83.8 Å². The van der Waals surface area contributed by atoms with Crippen LogP contribution < -0.4 is 15.4 Å². The van der Waals surface area contributed by atoms with Crippen LogP contribution in [0.3, 0.4) is 0 Å². The highest BCUT2D eigenvalue weighted by molar-refractivity contribution is 6.11. The maximum absolute atomic E-state index is 13.6. The fourth-order valence-corrected chi connectivity index (χ4v) is 5.44. The summed E-state index contributed by atoms with van der Waals surface area (Å²) >= 11 is 0. The number of aromatic nitrogens is 3. The molecule has 0 saturated heterocycles. The number of allylic oxidation sites excluding steroid dienone is 3. The number of hydrogen-bond donors (Lipinski definition) is 3. The Bertz CT molecular complexity index is 1960. The summed E-state index contributed by atoms with van der Waals surface area (Å²) < 4.78 is 11.4. The Labute approximate surface area is 255 Å². The fourth-order valence-electron chi connectivity index (χ4n) is 5.44. The van der Waals surface area contributed by atoms with Crippen LogP contribution in [-0.2, 0) is 5.54 Å². The second-order valence-electron chi connectivity index (χ2n) is 10.8. The van der Waals surface area contributed by atoms with E-state index in [1.54, 1.807) is 20.2 Å². The van der Waals surface area contributed by atoms with E-state index in [9.17, 15) is 9.59 Å². The second-order valence-corrected chi connectivity index (χ2v) is 10.8. The van der Waals surface area contributed by atoms with Crippen molar-refractivity contribution in [2.45, 2.75) is 32.2 Å². The average Bonchev–Trinajstić information content (AvgIpc) is 3.47. The van der Waals surface area contributed by atoms with Gasteiger partial charge < -0.3 is 19.8 Å². The van der Waals surface area contributed by atoms with Gasteiger partial charge in [-0.15, -0.1) is 0 Å². The molecule has 2 amide bonds. The largest absolute Gasteiger partial charge is 0.497 e. The Balaban J connectivity index is 1.30. The average molecular weight is 588 g/mol. The van der Waals surface area contributed by atoms with Crippen molar-refractivity contribution < 1.29 is 18.7 Å². The quantitative estimate of drug-likeness (QED) is 0.168. The summed E-state index contributed by atoms with van der Waals surface area (Å²) in [5, 5.41) is 14.0. The number of furan rings is 1. The molecule has 1 saturated carbocycles. The Kier molecular flexibility index (Phi) is 7.38. The van der Waals surface area contributed by atoms with Crippen LogP contribution in [0.1, 0.15) is 57.6 Å². The van der Waals surface area contributed by atoms with Crippen molar-refractivity contribution in [3.05, 3.63) is 108 Å². The van der Waals surface area contributed by atoms with Gasteiger partial charge in [-0.1, -0.05) is 43.0 Å². The van der Waals surface area contributed by atoms with Crippen LogP contribution in [0.5, 0.6) is 5.75 Å². The highest BCUT2D eigenvalue weighted by atomic mass is 16.5. The monoisotopic (exact) mass is 587 g/mol. The number of carbonyl (C=O) groups is 2. The van der Waals surface area contributed by atoms with E-state index < -0.39 is 5.54 Å². The number of methoxy groups -OCH3 is 1. The summed E-state index contributed by atoms with van der Waals surface area (Å²) in [4.78, 5) is 31.3. The lowest BCUT2D eigenvalue weighted by atomic mass is 9.95. The molecule has 9 heteroatoms. The van der Waals surface area contributed by atoms with Gasteiger partial charge in [-0.2, -0.15) is 5.10 Å². The number of H-pyrrole nitrogens is 1. The predicted molar refractivity (Wildman–Crippen MR) is 170 cm³/mol. The van der Waals surface area contributed by atoms with Gasteiger partial charge in [-0.25, -0.2) is 4.98 Å². The summed E-state index contributed by atoms with van der Waals surface area (Å²) in [5.74, 6) is 1.90. The topological polar surface area (TPSA) is 122 Å². The number of nitrogens with one attached hydrogen (secondary N) is 3. The maximum Gasteiger partial charge on any atom is 0.255 e. The van der Waals surface area contributed by atoms with Gasteiger partial charge in [-0.05, 0) is 79.8 Å². The Morgan fingerprint density at radius 2 is 1.89 bits per heavy atom. The van der Waals surface area contributed by atoms with Gasteiger partial charge >= 0.3 is 0 Å². The number of fused-ring (bicyclic) bond motifs is 1. The molecule has 2 heterocycles. The molecule has 2 aromatic heterocycles. The molecule has 222 valence electrons. The van der Waals surface area contributed by atoms with E-state index in [4.69, 9.17) is 14.1 Å². The van der Waals surface area contributed by atoms with Crippen molar-refractivity contribution in [1.29, 1.82) is 0 Å². The molecule has 0 atom stereocenters. The van der Waals surface area contributed by atoms with E-state index in [1.807, 2.05) is 80.6 Å². The third-order valence-electron chi connectivity index (χ3n) is 8.12. The van der Waals surface area contributed by atoms with Crippen LogP contribution >= 0.6 is 0 Å². The number of aryl methyl sites for hydroxylation is 1. The molecule has 1 aliphatic rings. The second kappa shape index (κ2) is 11.3. The molecule has 3 N–H and O–H groups in total. The number of hydrogen-bond acceptors (Lipinski definition) is 6. The number of amides is 2. The minimum atomic E-state index is -0.601. The Hall–Kier alpha value is -5.44. The maximum atomic E-state index is 13.6. The lowest BCUT2D eigenvalue weighted by Gasteiger charge is -2.16. The normalized spacial score (nSPS) is 13.9. The molecule has 6 rings (SSSR count). The van der Waals surface area contributed by atoms with Crippen molar-refractivity contribution >= 4 is 28.4 Å². The molecule has 0 bridgehead atoms. The lowest BCUT2D eigenvalue weighted by molar-refractivity contribution is 0.0927. The van der Waals surface area contributed by atoms with Crippen molar-refractivity contribution in [1.82, 2.24) is 25.8 Å². The molecular formula is C35H33N5O4. The van der Waals surface area contributed by atoms with Gasteiger partial charge in [0.25, 0.3) is 11.8 Å². The van der Waals surface area contributed by atoms with E-state index in [2.05, 4.69) is 27.4 Å². The van der Waals surface area contributed by atoms with Gasteiger partial charge in [0, 0.05) is 29.1 Å². The van der Waals surface area contributed by atoms with Gasteiger partial charge in [0.2, 0.25) is 0 Å². The van der Waals surface area contributed by atoms with Crippen LogP contribution in [-0.4, -0.2) is 41.2 Å². The zero-order valence-corrected chi connectivity index (χ0v) is 25.1. The van der Waals surface area contributed by atoms with Crippen molar-refractivity contribution in [2.24, 2.45) is 0 Å². The number of nitrogens with zero attached hydrogens (tertiary/aromatic N) is 2. The minimum Gasteiger partial charge on any atom is -0.497 e. The summed E-state index contributed by atoms with van der Waals surface area (Å²) in [6.45, 7) is 7.73. The number of aromatic amines is 1. The molecule has 0 spiro atoms. The minimum absolute atomic E-state index is 0.204. The molecule has 5 aromatic rings. The zero-order chi connectivity index (χ0) is 31.0. The lowest BCUT2D eigenvalue weighted by Crippen LogP contribution is -2.35. The molecule has 44 heavy (non-hydrogen) atoms. The van der Waals surface area contributed by atoms with Gasteiger partial charge in [0.15, 0.2) is 11.6 Å². The van der Waals surface area contributed by atoms with Crippen molar-refractivity contribution in [2.75, 3.05) is 14.2 Å². The molecule has 3 aromatic carbocycles. The van der Waals surface area contributed by atoms with Gasteiger partial charge in [0.05, 0.1) is 18.2 Å². The summed E-state index contributed by atoms with van der Waals surface area (Å²) in [6, 6.07) is 18.9. The zero-order valence-electron chi connectivity index (χ0n) is 25.1. The Morgan fingerprint density at radius 1 is 1.07 bits per heavy atom. The number of ether oxygens (including phenoxy) is 1. The summed E-state index contributed by atoms with van der Waals surface area (Å²) in [5.41, 5.74) is 5.24. The fraction of sp³-hybridized carbons (Fsp3) is 0.200. The third-order valence-corrected chi connectivity index (χ3v) is 8.12. The first-order valence-electron chi connectivity index (χ1n) is 14.4. The first-order chi connectivity index (χ1) is 21.3. The van der Waals surface area contributed by atoms with Crippen molar-refractivity contribution in [3.63, 3.8) is 0 Å². The smallest absolute Gasteiger partial charge is 0.255 e. The van der Waals surface area contributed by atoms with Crippen LogP contribution in [0, 0.1) is 6.92 Å².